The minimum atomic E-state index is -0.459. The Kier molecular flexibility index (Phi) is 7.26. The third kappa shape index (κ3) is 5.97. The van der Waals surface area contributed by atoms with Gasteiger partial charge in [-0.2, -0.15) is 4.98 Å². The van der Waals surface area contributed by atoms with E-state index in [0.29, 0.717) is 30.1 Å². The number of hydrogen-bond acceptors (Lipinski definition) is 6. The predicted molar refractivity (Wildman–Crippen MR) is 107 cm³/mol. The van der Waals surface area contributed by atoms with Crippen molar-refractivity contribution in [1.29, 1.82) is 0 Å². The Labute approximate surface area is 173 Å². The number of nitrogens with one attached hydrogen (secondary N) is 1. The van der Waals surface area contributed by atoms with Gasteiger partial charge >= 0.3 is 5.97 Å². The van der Waals surface area contributed by atoms with Crippen LogP contribution < -0.4 is 5.32 Å². The zero-order valence-electron chi connectivity index (χ0n) is 16.5. The van der Waals surface area contributed by atoms with E-state index in [2.05, 4.69) is 15.5 Å². The number of aromatic nitrogens is 2. The lowest BCUT2D eigenvalue weighted by atomic mass is 10.0. The molecule has 1 unspecified atom stereocenters. The SMILES string of the molecule is COC(=O)CC(NC(=O)CCCc1nc(-c2ccc(F)cc2)no1)c1ccccc1. The summed E-state index contributed by atoms with van der Waals surface area (Å²) in [5, 5.41) is 6.76. The van der Waals surface area contributed by atoms with Crippen molar-refractivity contribution in [1.82, 2.24) is 15.5 Å². The van der Waals surface area contributed by atoms with E-state index in [0.717, 1.165) is 5.56 Å². The lowest BCUT2D eigenvalue weighted by Gasteiger charge is -2.18. The van der Waals surface area contributed by atoms with Gasteiger partial charge in [-0.3, -0.25) is 9.59 Å². The van der Waals surface area contributed by atoms with Crippen LogP contribution in [0.15, 0.2) is 59.1 Å². The van der Waals surface area contributed by atoms with Gasteiger partial charge in [0.2, 0.25) is 17.6 Å². The Morgan fingerprint density at radius 2 is 1.87 bits per heavy atom. The summed E-state index contributed by atoms with van der Waals surface area (Å²) in [5.74, 6) is -0.156. The second-order valence-corrected chi connectivity index (χ2v) is 6.68. The molecule has 2 aromatic carbocycles. The van der Waals surface area contributed by atoms with Gasteiger partial charge in [-0.25, -0.2) is 4.39 Å². The molecule has 0 fully saturated rings. The highest BCUT2D eigenvalue weighted by molar-refractivity contribution is 5.78. The Balaban J connectivity index is 1.52. The Hall–Kier alpha value is -3.55. The number of esters is 1. The molecule has 3 rings (SSSR count). The van der Waals surface area contributed by atoms with Crippen molar-refractivity contribution in [2.45, 2.75) is 31.7 Å². The highest BCUT2D eigenvalue weighted by atomic mass is 19.1. The van der Waals surface area contributed by atoms with Gasteiger partial charge < -0.3 is 14.6 Å². The Morgan fingerprint density at radius 3 is 2.57 bits per heavy atom. The summed E-state index contributed by atoms with van der Waals surface area (Å²) in [6.07, 6.45) is 1.21. The average Bonchev–Trinajstić information content (AvgIpc) is 3.23. The van der Waals surface area contributed by atoms with E-state index in [-0.39, 0.29) is 24.6 Å². The van der Waals surface area contributed by atoms with Crippen LogP contribution in [-0.2, 0) is 20.7 Å². The molecule has 0 spiro atoms. The molecule has 0 saturated heterocycles. The fourth-order valence-corrected chi connectivity index (χ4v) is 2.93. The second-order valence-electron chi connectivity index (χ2n) is 6.68. The largest absolute Gasteiger partial charge is 0.469 e. The number of halogens is 1. The van der Waals surface area contributed by atoms with Crippen LogP contribution in [-0.4, -0.2) is 29.1 Å². The zero-order chi connectivity index (χ0) is 21.3. The molecule has 1 N–H and O–H groups in total. The molecule has 0 bridgehead atoms. The molecule has 1 aromatic heterocycles. The van der Waals surface area contributed by atoms with Crippen molar-refractivity contribution in [2.24, 2.45) is 0 Å². The van der Waals surface area contributed by atoms with E-state index < -0.39 is 12.0 Å². The number of amides is 1. The number of carbonyl (C=O) groups is 2. The maximum atomic E-state index is 13.0. The van der Waals surface area contributed by atoms with Crippen molar-refractivity contribution in [3.8, 4) is 11.4 Å². The molecule has 1 amide bonds. The number of benzene rings is 2. The van der Waals surface area contributed by atoms with E-state index in [1.54, 1.807) is 12.1 Å². The standard InChI is InChI=1S/C22H22FN3O4/c1-29-21(28)14-18(15-6-3-2-4-7-15)24-19(27)8-5-9-20-25-22(26-30-20)16-10-12-17(23)13-11-16/h2-4,6-7,10-13,18H,5,8-9,14H2,1H3,(H,24,27). The Bertz CT molecular complexity index is 974. The van der Waals surface area contributed by atoms with Crippen LogP contribution in [0.3, 0.4) is 0 Å². The van der Waals surface area contributed by atoms with Crippen molar-refractivity contribution >= 4 is 11.9 Å². The minimum Gasteiger partial charge on any atom is -0.469 e. The third-order valence-corrected chi connectivity index (χ3v) is 4.50. The summed E-state index contributed by atoms with van der Waals surface area (Å²) < 4.78 is 22.9. The molecule has 8 heteroatoms. The maximum absolute atomic E-state index is 13.0. The van der Waals surface area contributed by atoms with E-state index in [9.17, 15) is 14.0 Å². The monoisotopic (exact) mass is 411 g/mol. The van der Waals surface area contributed by atoms with Gasteiger partial charge in [0.1, 0.15) is 5.82 Å². The molecule has 1 atom stereocenters. The number of methoxy groups -OCH3 is 1. The summed E-state index contributed by atoms with van der Waals surface area (Å²) >= 11 is 0. The first-order valence-electron chi connectivity index (χ1n) is 9.55. The molecule has 0 aliphatic heterocycles. The van der Waals surface area contributed by atoms with Gasteiger partial charge in [0, 0.05) is 18.4 Å². The fraction of sp³-hybridized carbons (Fsp3) is 0.273. The fourth-order valence-electron chi connectivity index (χ4n) is 2.93. The highest BCUT2D eigenvalue weighted by Gasteiger charge is 2.19. The van der Waals surface area contributed by atoms with E-state index in [1.807, 2.05) is 30.3 Å². The van der Waals surface area contributed by atoms with Gasteiger partial charge in [-0.15, -0.1) is 0 Å². The number of nitrogens with zero attached hydrogens (tertiary/aromatic N) is 2. The first-order valence-corrected chi connectivity index (χ1v) is 9.55. The predicted octanol–water partition coefficient (Wildman–Crippen LogP) is 3.62. The molecule has 0 saturated carbocycles. The summed E-state index contributed by atoms with van der Waals surface area (Å²) in [7, 11) is 1.32. The van der Waals surface area contributed by atoms with Crippen LogP contribution in [0.5, 0.6) is 0 Å². The number of carbonyl (C=O) groups excluding carboxylic acids is 2. The summed E-state index contributed by atoms with van der Waals surface area (Å²) in [6, 6.07) is 14.6. The average molecular weight is 411 g/mol. The minimum absolute atomic E-state index is 0.0525. The van der Waals surface area contributed by atoms with Crippen LogP contribution in [0.2, 0.25) is 0 Å². The highest BCUT2D eigenvalue weighted by Crippen LogP contribution is 2.19. The smallest absolute Gasteiger partial charge is 0.307 e. The molecule has 3 aromatic rings. The van der Waals surface area contributed by atoms with Crippen LogP contribution in [0.25, 0.3) is 11.4 Å². The van der Waals surface area contributed by atoms with E-state index in [4.69, 9.17) is 9.26 Å². The molecular weight excluding hydrogens is 389 g/mol. The zero-order valence-corrected chi connectivity index (χ0v) is 16.5. The first-order chi connectivity index (χ1) is 14.5. The molecule has 30 heavy (non-hydrogen) atoms. The first kappa shape index (κ1) is 21.2. The summed E-state index contributed by atoms with van der Waals surface area (Å²) in [6.45, 7) is 0. The van der Waals surface area contributed by atoms with E-state index in [1.165, 1.54) is 19.2 Å². The molecule has 1 heterocycles. The van der Waals surface area contributed by atoms with Crippen LogP contribution in [0, 0.1) is 5.82 Å². The van der Waals surface area contributed by atoms with Crippen LogP contribution >= 0.6 is 0 Å². The molecule has 7 nitrogen and oxygen atoms in total. The summed E-state index contributed by atoms with van der Waals surface area (Å²) in [5.41, 5.74) is 1.48. The van der Waals surface area contributed by atoms with Gasteiger partial charge in [-0.1, -0.05) is 35.5 Å². The van der Waals surface area contributed by atoms with Crippen LogP contribution in [0.1, 0.15) is 36.8 Å². The van der Waals surface area contributed by atoms with Gasteiger partial charge in [0.15, 0.2) is 0 Å². The van der Waals surface area contributed by atoms with Crippen molar-refractivity contribution in [3.05, 3.63) is 71.9 Å². The van der Waals surface area contributed by atoms with Crippen molar-refractivity contribution in [2.75, 3.05) is 7.11 Å². The number of rotatable bonds is 9. The molecular formula is C22H22FN3O4. The molecule has 0 radical (unpaired) electrons. The van der Waals surface area contributed by atoms with Gasteiger partial charge in [0.05, 0.1) is 19.6 Å². The number of hydrogen-bond donors (Lipinski definition) is 1. The Morgan fingerprint density at radius 1 is 1.13 bits per heavy atom. The normalized spacial score (nSPS) is 11.7. The van der Waals surface area contributed by atoms with Gasteiger partial charge in [0.25, 0.3) is 0 Å². The summed E-state index contributed by atoms with van der Waals surface area (Å²) in [4.78, 5) is 28.3. The molecule has 0 aliphatic rings. The van der Waals surface area contributed by atoms with Crippen LogP contribution in [0.4, 0.5) is 4.39 Å². The molecule has 0 aliphatic carbocycles. The third-order valence-electron chi connectivity index (χ3n) is 4.50. The quantitative estimate of drug-likeness (QED) is 0.541. The maximum Gasteiger partial charge on any atom is 0.307 e. The topological polar surface area (TPSA) is 94.3 Å². The second kappa shape index (κ2) is 10.3. The van der Waals surface area contributed by atoms with E-state index >= 15 is 0 Å². The lowest BCUT2D eigenvalue weighted by molar-refractivity contribution is -0.141. The number of ether oxygens (including phenoxy) is 1. The molecule has 156 valence electrons. The van der Waals surface area contributed by atoms with Gasteiger partial charge in [-0.05, 0) is 36.2 Å². The van der Waals surface area contributed by atoms with Crippen molar-refractivity contribution in [3.63, 3.8) is 0 Å². The van der Waals surface area contributed by atoms with Crippen molar-refractivity contribution < 1.29 is 23.2 Å². The number of aryl methyl sites for hydroxylation is 1. The lowest BCUT2D eigenvalue weighted by Crippen LogP contribution is -2.30.